The quantitative estimate of drug-likeness (QED) is 0.394. The van der Waals surface area contributed by atoms with Crippen molar-refractivity contribution in [2.24, 2.45) is 0 Å². The van der Waals surface area contributed by atoms with Crippen LogP contribution in [0.3, 0.4) is 0 Å². The number of aliphatic hydroxyl groups is 1. The first-order valence-corrected chi connectivity index (χ1v) is 11.1. The fourth-order valence-corrected chi connectivity index (χ4v) is 3.51. The van der Waals surface area contributed by atoms with Crippen LogP contribution in [0.1, 0.15) is 69.6 Å². The SMILES string of the molecule is Cc1cc(CCCCCCC(=O)OCCSCCO)cc(C(C)(C)C)c1O. The summed E-state index contributed by atoms with van der Waals surface area (Å²) >= 11 is 1.59. The van der Waals surface area contributed by atoms with E-state index < -0.39 is 0 Å². The topological polar surface area (TPSA) is 66.8 Å². The van der Waals surface area contributed by atoms with Gasteiger partial charge >= 0.3 is 5.97 Å². The van der Waals surface area contributed by atoms with Crippen LogP contribution < -0.4 is 0 Å². The van der Waals surface area contributed by atoms with Gasteiger partial charge < -0.3 is 14.9 Å². The number of esters is 1. The van der Waals surface area contributed by atoms with Crippen LogP contribution in [-0.2, 0) is 21.4 Å². The van der Waals surface area contributed by atoms with Crippen LogP contribution in [0, 0.1) is 6.92 Å². The maximum atomic E-state index is 11.6. The largest absolute Gasteiger partial charge is 0.507 e. The molecular formula is C22H36O4S. The minimum Gasteiger partial charge on any atom is -0.507 e. The highest BCUT2D eigenvalue weighted by atomic mass is 32.2. The molecule has 0 atom stereocenters. The molecule has 0 radical (unpaired) electrons. The number of phenolic OH excluding ortho intramolecular Hbond substituents is 1. The zero-order chi connectivity index (χ0) is 20.3. The second kappa shape index (κ2) is 12.3. The van der Waals surface area contributed by atoms with Crippen molar-refractivity contribution in [1.82, 2.24) is 0 Å². The fraction of sp³-hybridized carbons (Fsp3) is 0.682. The Bertz CT molecular complexity index is 578. The van der Waals surface area contributed by atoms with Crippen LogP contribution in [-0.4, -0.2) is 40.9 Å². The molecule has 0 heterocycles. The molecule has 0 saturated heterocycles. The molecule has 27 heavy (non-hydrogen) atoms. The lowest BCUT2D eigenvalue weighted by molar-refractivity contribution is -0.143. The Hall–Kier alpha value is -1.20. The average molecular weight is 397 g/mol. The monoisotopic (exact) mass is 396 g/mol. The number of carbonyl (C=O) groups is 1. The molecule has 1 rings (SSSR count). The summed E-state index contributed by atoms with van der Waals surface area (Å²) in [5.41, 5.74) is 3.16. The maximum absolute atomic E-state index is 11.6. The summed E-state index contributed by atoms with van der Waals surface area (Å²) in [7, 11) is 0. The van der Waals surface area contributed by atoms with Crippen molar-refractivity contribution in [2.75, 3.05) is 24.7 Å². The van der Waals surface area contributed by atoms with E-state index in [-0.39, 0.29) is 18.0 Å². The van der Waals surface area contributed by atoms with Gasteiger partial charge in [0.05, 0.1) is 6.61 Å². The predicted molar refractivity (Wildman–Crippen MR) is 114 cm³/mol. The summed E-state index contributed by atoms with van der Waals surface area (Å²) in [6.07, 6.45) is 5.54. The van der Waals surface area contributed by atoms with Crippen molar-refractivity contribution in [3.8, 4) is 5.75 Å². The molecule has 5 heteroatoms. The lowest BCUT2D eigenvalue weighted by Gasteiger charge is -2.22. The Morgan fingerprint density at radius 2 is 1.81 bits per heavy atom. The van der Waals surface area contributed by atoms with Crippen molar-refractivity contribution in [1.29, 1.82) is 0 Å². The number of thioether (sulfide) groups is 1. The number of phenols is 1. The number of aryl methyl sites for hydroxylation is 2. The van der Waals surface area contributed by atoms with E-state index in [9.17, 15) is 9.90 Å². The van der Waals surface area contributed by atoms with Gasteiger partial charge in [-0.3, -0.25) is 4.79 Å². The molecule has 4 nitrogen and oxygen atoms in total. The Labute approximate surface area is 168 Å². The second-order valence-electron chi connectivity index (χ2n) is 8.03. The van der Waals surface area contributed by atoms with Gasteiger partial charge in [0.2, 0.25) is 0 Å². The molecule has 0 saturated carbocycles. The zero-order valence-corrected chi connectivity index (χ0v) is 18.2. The van der Waals surface area contributed by atoms with Gasteiger partial charge in [-0.2, -0.15) is 11.8 Å². The summed E-state index contributed by atoms with van der Waals surface area (Å²) in [4.78, 5) is 11.6. The highest BCUT2D eigenvalue weighted by molar-refractivity contribution is 7.99. The van der Waals surface area contributed by atoms with Crippen LogP contribution in [0.5, 0.6) is 5.75 Å². The van der Waals surface area contributed by atoms with Crippen molar-refractivity contribution in [3.05, 3.63) is 28.8 Å². The Morgan fingerprint density at radius 3 is 2.48 bits per heavy atom. The molecule has 0 amide bonds. The van der Waals surface area contributed by atoms with Gasteiger partial charge in [-0.15, -0.1) is 0 Å². The first-order chi connectivity index (χ1) is 12.8. The van der Waals surface area contributed by atoms with Gasteiger partial charge in [0.1, 0.15) is 12.4 Å². The number of carbonyl (C=O) groups excluding carboxylic acids is 1. The smallest absolute Gasteiger partial charge is 0.305 e. The van der Waals surface area contributed by atoms with E-state index >= 15 is 0 Å². The molecule has 2 N–H and O–H groups in total. The number of ether oxygens (including phenoxy) is 1. The van der Waals surface area contributed by atoms with E-state index in [0.29, 0.717) is 24.5 Å². The van der Waals surface area contributed by atoms with Gasteiger partial charge in [0.15, 0.2) is 0 Å². The van der Waals surface area contributed by atoms with Gasteiger partial charge in [0.25, 0.3) is 0 Å². The molecule has 0 aliphatic carbocycles. The summed E-state index contributed by atoms with van der Waals surface area (Å²) in [5.74, 6) is 1.73. The fourth-order valence-electron chi connectivity index (χ4n) is 2.98. The molecular weight excluding hydrogens is 360 g/mol. The number of hydrogen-bond acceptors (Lipinski definition) is 5. The van der Waals surface area contributed by atoms with Crippen LogP contribution in [0.25, 0.3) is 0 Å². The third-order valence-corrected chi connectivity index (χ3v) is 5.42. The van der Waals surface area contributed by atoms with E-state index in [0.717, 1.165) is 49.0 Å². The number of hydrogen-bond donors (Lipinski definition) is 2. The summed E-state index contributed by atoms with van der Waals surface area (Å²) in [5, 5.41) is 19.0. The molecule has 1 aromatic carbocycles. The average Bonchev–Trinajstić information content (AvgIpc) is 2.59. The summed E-state index contributed by atoms with van der Waals surface area (Å²) < 4.78 is 5.17. The van der Waals surface area contributed by atoms with Crippen molar-refractivity contribution in [3.63, 3.8) is 0 Å². The standard InChI is InChI=1S/C22H36O4S/c1-17-15-18(16-19(21(17)25)22(2,3)4)9-7-5-6-8-10-20(24)26-12-14-27-13-11-23/h15-16,23,25H,5-14H2,1-4H3. The lowest BCUT2D eigenvalue weighted by atomic mass is 9.83. The van der Waals surface area contributed by atoms with Crippen LogP contribution in [0.15, 0.2) is 12.1 Å². The van der Waals surface area contributed by atoms with E-state index in [4.69, 9.17) is 9.84 Å². The molecule has 0 aromatic heterocycles. The van der Waals surface area contributed by atoms with E-state index in [2.05, 4.69) is 32.9 Å². The van der Waals surface area contributed by atoms with Crippen LogP contribution in [0.2, 0.25) is 0 Å². The summed E-state index contributed by atoms with van der Waals surface area (Å²) in [6, 6.07) is 4.21. The number of benzene rings is 1. The maximum Gasteiger partial charge on any atom is 0.305 e. The first-order valence-electron chi connectivity index (χ1n) is 9.93. The van der Waals surface area contributed by atoms with Crippen molar-refractivity contribution < 1.29 is 19.7 Å². The van der Waals surface area contributed by atoms with Crippen LogP contribution in [0.4, 0.5) is 0 Å². The van der Waals surface area contributed by atoms with Crippen LogP contribution >= 0.6 is 11.8 Å². The minimum atomic E-state index is -0.122. The number of aromatic hydroxyl groups is 1. The third kappa shape index (κ3) is 9.52. The molecule has 0 fully saturated rings. The van der Waals surface area contributed by atoms with Gasteiger partial charge in [-0.1, -0.05) is 45.7 Å². The molecule has 0 aliphatic heterocycles. The van der Waals surface area contributed by atoms with E-state index in [1.165, 1.54) is 5.56 Å². The molecule has 0 bridgehead atoms. The molecule has 154 valence electrons. The highest BCUT2D eigenvalue weighted by Crippen LogP contribution is 2.34. The molecule has 0 aliphatic rings. The Balaban J connectivity index is 2.23. The third-order valence-electron chi connectivity index (χ3n) is 4.49. The normalized spacial score (nSPS) is 11.6. The minimum absolute atomic E-state index is 0.0676. The van der Waals surface area contributed by atoms with Crippen molar-refractivity contribution >= 4 is 17.7 Å². The Morgan fingerprint density at radius 1 is 1.11 bits per heavy atom. The van der Waals surface area contributed by atoms with Gasteiger partial charge in [-0.05, 0) is 48.3 Å². The second-order valence-corrected chi connectivity index (χ2v) is 9.25. The number of unbranched alkanes of at least 4 members (excludes halogenated alkanes) is 3. The van der Waals surface area contributed by atoms with E-state index in [1.54, 1.807) is 11.8 Å². The predicted octanol–water partition coefficient (Wildman–Crippen LogP) is 4.76. The van der Waals surface area contributed by atoms with Gasteiger partial charge in [0, 0.05) is 17.9 Å². The zero-order valence-electron chi connectivity index (χ0n) is 17.3. The highest BCUT2D eigenvalue weighted by Gasteiger charge is 2.20. The lowest BCUT2D eigenvalue weighted by Crippen LogP contribution is -2.12. The van der Waals surface area contributed by atoms with Gasteiger partial charge in [-0.25, -0.2) is 0 Å². The van der Waals surface area contributed by atoms with Crippen molar-refractivity contribution in [2.45, 2.75) is 71.6 Å². The van der Waals surface area contributed by atoms with E-state index in [1.807, 2.05) is 6.92 Å². The number of rotatable bonds is 12. The first kappa shape index (κ1) is 23.8. The number of aliphatic hydroxyl groups excluding tert-OH is 1. The molecule has 0 unspecified atom stereocenters. The Kier molecular flexibility index (Phi) is 10.9. The summed E-state index contributed by atoms with van der Waals surface area (Å²) in [6.45, 7) is 8.92. The molecule has 1 aromatic rings. The molecule has 0 spiro atoms.